The van der Waals surface area contributed by atoms with E-state index in [4.69, 9.17) is 0 Å². The quantitative estimate of drug-likeness (QED) is 0.633. The van der Waals surface area contributed by atoms with E-state index in [-0.39, 0.29) is 17.2 Å². The van der Waals surface area contributed by atoms with Gasteiger partial charge in [0.15, 0.2) is 15.0 Å². The zero-order valence-electron chi connectivity index (χ0n) is 15.8. The molecule has 28 heavy (non-hydrogen) atoms. The number of hydrogen-bond acceptors (Lipinski definition) is 6. The molecule has 0 aliphatic rings. The van der Waals surface area contributed by atoms with Crippen LogP contribution in [0.1, 0.15) is 16.8 Å². The fourth-order valence-electron chi connectivity index (χ4n) is 2.60. The van der Waals surface area contributed by atoms with Gasteiger partial charge in [-0.3, -0.25) is 4.79 Å². The van der Waals surface area contributed by atoms with Crippen LogP contribution in [-0.2, 0) is 21.1 Å². The number of carbonyl (C=O) groups excluding carboxylic acids is 1. The predicted molar refractivity (Wildman–Crippen MR) is 113 cm³/mol. The van der Waals surface area contributed by atoms with Crippen LogP contribution in [0, 0.1) is 13.8 Å². The van der Waals surface area contributed by atoms with Gasteiger partial charge in [0.05, 0.1) is 17.0 Å². The molecule has 0 fully saturated rings. The second-order valence-electron chi connectivity index (χ2n) is 6.54. The first-order valence-electron chi connectivity index (χ1n) is 8.60. The highest BCUT2D eigenvalue weighted by atomic mass is 32.2. The van der Waals surface area contributed by atoms with Crippen LogP contribution >= 0.6 is 11.3 Å². The van der Waals surface area contributed by atoms with Gasteiger partial charge >= 0.3 is 0 Å². The van der Waals surface area contributed by atoms with E-state index in [1.165, 1.54) is 17.6 Å². The third kappa shape index (κ3) is 4.96. The van der Waals surface area contributed by atoms with E-state index in [0.717, 1.165) is 22.5 Å². The number of nitrogens with one attached hydrogen (secondary N) is 2. The molecule has 2 N–H and O–H groups in total. The molecule has 0 radical (unpaired) electrons. The average Bonchev–Trinajstić information content (AvgIpc) is 3.05. The largest absolute Gasteiger partial charge is 0.332 e. The van der Waals surface area contributed by atoms with Crippen LogP contribution < -0.4 is 10.6 Å². The maximum atomic E-state index is 12.3. The summed E-state index contributed by atoms with van der Waals surface area (Å²) in [7, 11) is -3.22. The van der Waals surface area contributed by atoms with Gasteiger partial charge in [-0.15, -0.1) is 11.3 Å². The summed E-state index contributed by atoms with van der Waals surface area (Å²) in [6, 6.07) is 12.3. The van der Waals surface area contributed by atoms with Crippen molar-refractivity contribution in [1.29, 1.82) is 0 Å². The Balaban J connectivity index is 1.62. The van der Waals surface area contributed by atoms with Crippen LogP contribution in [0.4, 0.5) is 16.5 Å². The number of thiazole rings is 1. The summed E-state index contributed by atoms with van der Waals surface area (Å²) in [4.78, 5) is 17.0. The lowest BCUT2D eigenvalue weighted by molar-refractivity contribution is -0.115. The molecule has 0 atom stereocenters. The number of aromatic nitrogens is 1. The molecular weight excluding hydrogens is 394 g/mol. The molecule has 0 saturated heterocycles. The van der Waals surface area contributed by atoms with Crippen molar-refractivity contribution in [3.63, 3.8) is 0 Å². The van der Waals surface area contributed by atoms with E-state index in [0.29, 0.717) is 10.8 Å². The minimum absolute atomic E-state index is 0.122. The highest BCUT2D eigenvalue weighted by molar-refractivity contribution is 7.90. The average molecular weight is 416 g/mol. The topological polar surface area (TPSA) is 88.2 Å². The Morgan fingerprint density at radius 2 is 1.82 bits per heavy atom. The molecule has 0 aliphatic carbocycles. The van der Waals surface area contributed by atoms with Crippen molar-refractivity contribution in [2.45, 2.75) is 25.2 Å². The Kier molecular flexibility index (Phi) is 5.81. The van der Waals surface area contributed by atoms with Crippen LogP contribution in [0.2, 0.25) is 0 Å². The van der Waals surface area contributed by atoms with Gasteiger partial charge in [-0.1, -0.05) is 12.1 Å². The van der Waals surface area contributed by atoms with Crippen LogP contribution in [-0.4, -0.2) is 25.6 Å². The molecule has 0 spiro atoms. The van der Waals surface area contributed by atoms with Crippen molar-refractivity contribution in [3.05, 3.63) is 64.7 Å². The van der Waals surface area contributed by atoms with Crippen molar-refractivity contribution >= 4 is 43.6 Å². The van der Waals surface area contributed by atoms with Gasteiger partial charge in [-0.25, -0.2) is 13.4 Å². The molecule has 146 valence electrons. The SMILES string of the molecule is Cc1cccc(NC(=O)Cc2csc(Nc3ccc(S(C)(=O)=O)cc3)n2)c1C. The molecule has 1 aromatic heterocycles. The number of aryl methyl sites for hydroxylation is 1. The zero-order chi connectivity index (χ0) is 20.3. The van der Waals surface area contributed by atoms with Crippen molar-refractivity contribution in [2.24, 2.45) is 0 Å². The molecule has 6 nitrogen and oxygen atoms in total. The number of anilines is 3. The summed E-state index contributed by atoms with van der Waals surface area (Å²) in [5, 5.41) is 8.52. The van der Waals surface area contributed by atoms with Crippen LogP contribution in [0.25, 0.3) is 0 Å². The summed E-state index contributed by atoms with van der Waals surface area (Å²) >= 11 is 1.39. The lowest BCUT2D eigenvalue weighted by atomic mass is 10.1. The van der Waals surface area contributed by atoms with Gasteiger partial charge in [-0.05, 0) is 55.3 Å². The van der Waals surface area contributed by atoms with E-state index in [1.54, 1.807) is 24.3 Å². The molecular formula is C20H21N3O3S2. The molecule has 0 bridgehead atoms. The van der Waals surface area contributed by atoms with Crippen molar-refractivity contribution in [3.8, 4) is 0 Å². The molecule has 0 unspecified atom stereocenters. The van der Waals surface area contributed by atoms with E-state index in [1.807, 2.05) is 37.4 Å². The van der Waals surface area contributed by atoms with Gasteiger partial charge < -0.3 is 10.6 Å². The van der Waals surface area contributed by atoms with E-state index >= 15 is 0 Å². The van der Waals surface area contributed by atoms with E-state index < -0.39 is 9.84 Å². The highest BCUT2D eigenvalue weighted by Gasteiger charge is 2.11. The standard InChI is InChI=1S/C20H21N3O3S2/c1-13-5-4-6-18(14(13)2)23-19(24)11-16-12-27-20(22-16)21-15-7-9-17(10-8-15)28(3,25)26/h4-10,12H,11H2,1-3H3,(H,21,22)(H,23,24). The summed E-state index contributed by atoms with van der Waals surface area (Å²) < 4.78 is 23.0. The van der Waals surface area contributed by atoms with Gasteiger partial charge in [0.1, 0.15) is 0 Å². The Morgan fingerprint density at radius 3 is 2.50 bits per heavy atom. The highest BCUT2D eigenvalue weighted by Crippen LogP contribution is 2.23. The lowest BCUT2D eigenvalue weighted by Crippen LogP contribution is -2.15. The Morgan fingerprint density at radius 1 is 1.11 bits per heavy atom. The normalized spacial score (nSPS) is 11.2. The van der Waals surface area contributed by atoms with Gasteiger partial charge in [0, 0.05) is 23.0 Å². The molecule has 0 aliphatic heterocycles. The maximum Gasteiger partial charge on any atom is 0.230 e. The third-order valence-electron chi connectivity index (χ3n) is 4.31. The summed E-state index contributed by atoms with van der Waals surface area (Å²) in [6.45, 7) is 3.98. The minimum atomic E-state index is -3.22. The smallest absolute Gasteiger partial charge is 0.230 e. The lowest BCUT2D eigenvalue weighted by Gasteiger charge is -2.09. The molecule has 8 heteroatoms. The first-order chi connectivity index (χ1) is 13.2. The van der Waals surface area contributed by atoms with Crippen molar-refractivity contribution in [1.82, 2.24) is 4.98 Å². The van der Waals surface area contributed by atoms with Crippen LogP contribution in [0.3, 0.4) is 0 Å². The van der Waals surface area contributed by atoms with Gasteiger partial charge in [-0.2, -0.15) is 0 Å². The second kappa shape index (κ2) is 8.12. The number of sulfone groups is 1. The van der Waals surface area contributed by atoms with E-state index in [9.17, 15) is 13.2 Å². The number of nitrogens with zero attached hydrogens (tertiary/aromatic N) is 1. The molecule has 2 aromatic carbocycles. The molecule has 1 amide bonds. The predicted octanol–water partition coefficient (Wildman–Crippen LogP) is 4.09. The maximum absolute atomic E-state index is 12.3. The molecule has 1 heterocycles. The van der Waals surface area contributed by atoms with Crippen LogP contribution in [0.15, 0.2) is 52.7 Å². The second-order valence-corrected chi connectivity index (χ2v) is 9.41. The first kappa shape index (κ1) is 20.0. The Labute approximate surface area is 168 Å². The Hall–Kier alpha value is -2.71. The number of amides is 1. The van der Waals surface area contributed by atoms with E-state index in [2.05, 4.69) is 15.6 Å². The van der Waals surface area contributed by atoms with Gasteiger partial charge in [0.2, 0.25) is 5.91 Å². The Bertz CT molecular complexity index is 1100. The molecule has 3 aromatic rings. The zero-order valence-corrected chi connectivity index (χ0v) is 17.4. The number of carbonyl (C=O) groups is 1. The monoisotopic (exact) mass is 415 g/mol. The third-order valence-corrected chi connectivity index (χ3v) is 6.24. The summed E-state index contributed by atoms with van der Waals surface area (Å²) in [5.41, 5.74) is 4.38. The number of hydrogen-bond donors (Lipinski definition) is 2. The van der Waals surface area contributed by atoms with Crippen molar-refractivity contribution < 1.29 is 13.2 Å². The fourth-order valence-corrected chi connectivity index (χ4v) is 3.96. The first-order valence-corrected chi connectivity index (χ1v) is 11.4. The van der Waals surface area contributed by atoms with Gasteiger partial charge in [0.25, 0.3) is 0 Å². The number of benzene rings is 2. The summed E-state index contributed by atoms with van der Waals surface area (Å²) in [6.07, 6.45) is 1.35. The number of rotatable bonds is 6. The van der Waals surface area contributed by atoms with Crippen molar-refractivity contribution in [2.75, 3.05) is 16.9 Å². The minimum Gasteiger partial charge on any atom is -0.332 e. The summed E-state index contributed by atoms with van der Waals surface area (Å²) in [5.74, 6) is -0.122. The van der Waals surface area contributed by atoms with Crippen LogP contribution in [0.5, 0.6) is 0 Å². The fraction of sp³-hybridized carbons (Fsp3) is 0.200. The molecule has 3 rings (SSSR count). The molecule has 0 saturated carbocycles.